The van der Waals surface area contributed by atoms with Crippen LogP contribution in [0.4, 0.5) is 4.79 Å². The summed E-state index contributed by atoms with van der Waals surface area (Å²) in [7, 11) is 1.82. The molecule has 1 aromatic rings. The van der Waals surface area contributed by atoms with Gasteiger partial charge in [-0.3, -0.25) is 9.89 Å². The van der Waals surface area contributed by atoms with Crippen LogP contribution >= 0.6 is 0 Å². The Morgan fingerprint density at radius 2 is 2.00 bits per heavy atom. The maximum atomic E-state index is 12.0. The first-order chi connectivity index (χ1) is 14.3. The Labute approximate surface area is 180 Å². The van der Waals surface area contributed by atoms with Crippen molar-refractivity contribution in [3.8, 4) is 0 Å². The topological polar surface area (TPSA) is 69.2 Å². The van der Waals surface area contributed by atoms with Gasteiger partial charge in [-0.2, -0.15) is 0 Å². The normalized spacial score (nSPS) is 20.1. The van der Waals surface area contributed by atoms with Crippen LogP contribution < -0.4 is 10.6 Å². The third-order valence-electron chi connectivity index (χ3n) is 5.56. The molecule has 1 atom stereocenters. The third kappa shape index (κ3) is 6.62. The van der Waals surface area contributed by atoms with Gasteiger partial charge >= 0.3 is 6.09 Å². The first-order valence-corrected chi connectivity index (χ1v) is 11.1. The number of carbonyl (C=O) groups is 1. The number of fused-ring (bicyclic) bond motifs is 1. The molecule has 0 bridgehead atoms. The van der Waals surface area contributed by atoms with E-state index in [0.29, 0.717) is 0 Å². The molecule has 2 heterocycles. The molecule has 166 valence electrons. The second-order valence-corrected chi connectivity index (χ2v) is 9.20. The minimum atomic E-state index is -0.476. The van der Waals surface area contributed by atoms with Crippen molar-refractivity contribution in [3.63, 3.8) is 0 Å². The number of rotatable bonds is 5. The monoisotopic (exact) mass is 415 g/mol. The highest BCUT2D eigenvalue weighted by molar-refractivity contribution is 5.80. The number of hydrogen-bond donors (Lipinski definition) is 2. The summed E-state index contributed by atoms with van der Waals surface area (Å²) in [6.07, 6.45) is 2.77. The second-order valence-electron chi connectivity index (χ2n) is 9.20. The van der Waals surface area contributed by atoms with Crippen molar-refractivity contribution in [2.24, 2.45) is 4.99 Å². The number of ether oxygens (including phenoxy) is 1. The van der Waals surface area contributed by atoms with Gasteiger partial charge in [0.25, 0.3) is 0 Å². The number of hydrogen-bond acceptors (Lipinski definition) is 4. The lowest BCUT2D eigenvalue weighted by Gasteiger charge is -2.29. The van der Waals surface area contributed by atoms with Crippen LogP contribution in [0.1, 0.15) is 44.7 Å². The van der Waals surface area contributed by atoms with E-state index in [1.807, 2.05) is 27.8 Å². The molecule has 2 N–H and O–H groups in total. The molecule has 0 aromatic heterocycles. The van der Waals surface area contributed by atoms with Gasteiger partial charge in [0.1, 0.15) is 5.60 Å². The van der Waals surface area contributed by atoms with Crippen molar-refractivity contribution in [1.29, 1.82) is 0 Å². The van der Waals surface area contributed by atoms with E-state index in [0.717, 1.165) is 64.5 Å². The minimum Gasteiger partial charge on any atom is -0.444 e. The number of guanidine groups is 1. The van der Waals surface area contributed by atoms with E-state index < -0.39 is 5.60 Å². The van der Waals surface area contributed by atoms with Gasteiger partial charge in [-0.05, 0) is 51.2 Å². The molecule has 1 amide bonds. The van der Waals surface area contributed by atoms with Gasteiger partial charge in [0.2, 0.25) is 0 Å². The Morgan fingerprint density at radius 3 is 2.73 bits per heavy atom. The van der Waals surface area contributed by atoms with Crippen molar-refractivity contribution >= 4 is 12.1 Å². The molecule has 0 radical (unpaired) electrons. The summed E-state index contributed by atoms with van der Waals surface area (Å²) in [5.74, 6) is 0.910. The fraction of sp³-hybridized carbons (Fsp3) is 0.652. The molecular formula is C23H37N5O2. The zero-order chi connectivity index (χ0) is 21.6. The quantitative estimate of drug-likeness (QED) is 0.440. The van der Waals surface area contributed by atoms with Gasteiger partial charge in [0.05, 0.1) is 6.04 Å². The minimum absolute atomic E-state index is 0.0896. The molecule has 1 aromatic carbocycles. The second kappa shape index (κ2) is 10.2. The lowest BCUT2D eigenvalue weighted by Crippen LogP contribution is -2.44. The van der Waals surface area contributed by atoms with Crippen molar-refractivity contribution in [2.45, 2.75) is 58.2 Å². The van der Waals surface area contributed by atoms with E-state index in [2.05, 4.69) is 49.7 Å². The van der Waals surface area contributed by atoms with E-state index in [9.17, 15) is 4.79 Å². The highest BCUT2D eigenvalue weighted by Gasteiger charge is 2.27. The zero-order valence-corrected chi connectivity index (χ0v) is 18.9. The number of aliphatic imine (C=N–C) groups is 1. The number of amides is 1. The lowest BCUT2D eigenvalue weighted by atomic mass is 10.00. The number of likely N-dealkylation sites (tertiary alicyclic amines) is 1. The third-order valence-corrected chi connectivity index (χ3v) is 5.56. The lowest BCUT2D eigenvalue weighted by molar-refractivity contribution is 0.0507. The summed E-state index contributed by atoms with van der Waals surface area (Å²) >= 11 is 0. The van der Waals surface area contributed by atoms with Crippen LogP contribution in [0.25, 0.3) is 0 Å². The van der Waals surface area contributed by atoms with Crippen LogP contribution in [-0.4, -0.2) is 73.3 Å². The smallest absolute Gasteiger partial charge is 0.407 e. The largest absolute Gasteiger partial charge is 0.444 e. The molecule has 0 saturated carbocycles. The highest BCUT2D eigenvalue weighted by Crippen LogP contribution is 2.18. The van der Waals surface area contributed by atoms with E-state index in [1.165, 1.54) is 11.1 Å². The van der Waals surface area contributed by atoms with E-state index >= 15 is 0 Å². The standard InChI is InChI=1S/C23H37N5O2/c1-23(2,3)30-22(29)26-20-11-15-28(17-20)21(24-4)25-12-7-13-27-14-10-18-8-5-6-9-19(18)16-27/h5-6,8-9,20H,7,10-17H2,1-4H3,(H,24,25)(H,26,29). The van der Waals surface area contributed by atoms with Gasteiger partial charge in [0, 0.05) is 46.3 Å². The van der Waals surface area contributed by atoms with Crippen LogP contribution in [0.15, 0.2) is 29.3 Å². The van der Waals surface area contributed by atoms with Crippen LogP contribution in [0.5, 0.6) is 0 Å². The van der Waals surface area contributed by atoms with Crippen molar-refractivity contribution in [2.75, 3.05) is 39.8 Å². The molecule has 1 saturated heterocycles. The molecule has 7 nitrogen and oxygen atoms in total. The SMILES string of the molecule is CN=C(NCCCN1CCc2ccccc2C1)N1CCC(NC(=O)OC(C)(C)C)C1. The Hall–Kier alpha value is -2.28. The Balaban J connectivity index is 1.36. The van der Waals surface area contributed by atoms with E-state index in [-0.39, 0.29) is 12.1 Å². The average molecular weight is 416 g/mol. The zero-order valence-electron chi connectivity index (χ0n) is 18.9. The predicted octanol–water partition coefficient (Wildman–Crippen LogP) is 2.61. The van der Waals surface area contributed by atoms with E-state index in [4.69, 9.17) is 4.74 Å². The summed E-state index contributed by atoms with van der Waals surface area (Å²) in [6, 6.07) is 8.85. The first-order valence-electron chi connectivity index (χ1n) is 11.1. The van der Waals surface area contributed by atoms with Gasteiger partial charge < -0.3 is 20.3 Å². The van der Waals surface area contributed by atoms with E-state index in [1.54, 1.807) is 0 Å². The van der Waals surface area contributed by atoms with Crippen molar-refractivity contribution < 1.29 is 9.53 Å². The average Bonchev–Trinajstić information content (AvgIpc) is 3.14. The highest BCUT2D eigenvalue weighted by atomic mass is 16.6. The predicted molar refractivity (Wildman–Crippen MR) is 121 cm³/mol. The number of carbonyl (C=O) groups excluding carboxylic acids is 1. The van der Waals surface area contributed by atoms with Crippen LogP contribution in [0.2, 0.25) is 0 Å². The van der Waals surface area contributed by atoms with Crippen LogP contribution in [0.3, 0.4) is 0 Å². The summed E-state index contributed by atoms with van der Waals surface area (Å²) in [6.45, 7) is 11.4. The number of benzene rings is 1. The molecule has 1 unspecified atom stereocenters. The Kier molecular flexibility index (Phi) is 7.58. The van der Waals surface area contributed by atoms with Gasteiger partial charge in [-0.15, -0.1) is 0 Å². The molecule has 30 heavy (non-hydrogen) atoms. The maximum absolute atomic E-state index is 12.0. The van der Waals surface area contributed by atoms with Crippen molar-refractivity contribution in [3.05, 3.63) is 35.4 Å². The molecular weight excluding hydrogens is 378 g/mol. The van der Waals surface area contributed by atoms with Gasteiger partial charge in [-0.1, -0.05) is 24.3 Å². The van der Waals surface area contributed by atoms with Crippen LogP contribution in [0, 0.1) is 0 Å². The van der Waals surface area contributed by atoms with Gasteiger partial charge in [-0.25, -0.2) is 4.79 Å². The number of alkyl carbamates (subject to hydrolysis) is 1. The summed E-state index contributed by atoms with van der Waals surface area (Å²) in [4.78, 5) is 21.2. The molecule has 1 fully saturated rings. The van der Waals surface area contributed by atoms with Crippen molar-refractivity contribution in [1.82, 2.24) is 20.4 Å². The molecule has 3 rings (SSSR count). The molecule has 2 aliphatic rings. The Morgan fingerprint density at radius 1 is 1.23 bits per heavy atom. The molecule has 2 aliphatic heterocycles. The summed E-state index contributed by atoms with van der Waals surface area (Å²) in [5, 5.41) is 6.46. The fourth-order valence-electron chi connectivity index (χ4n) is 4.12. The van der Waals surface area contributed by atoms with Crippen LogP contribution in [-0.2, 0) is 17.7 Å². The molecule has 0 spiro atoms. The summed E-state index contributed by atoms with van der Waals surface area (Å²) in [5.41, 5.74) is 2.49. The fourth-order valence-corrected chi connectivity index (χ4v) is 4.12. The first kappa shape index (κ1) is 22.4. The Bertz CT molecular complexity index is 743. The molecule has 0 aliphatic carbocycles. The summed E-state index contributed by atoms with van der Waals surface area (Å²) < 4.78 is 5.36. The van der Waals surface area contributed by atoms with Gasteiger partial charge in [0.15, 0.2) is 5.96 Å². The molecule has 7 heteroatoms. The number of nitrogens with zero attached hydrogens (tertiary/aromatic N) is 3. The maximum Gasteiger partial charge on any atom is 0.407 e. The number of nitrogens with one attached hydrogen (secondary N) is 2.